The molecule has 1 aliphatic rings. The number of ether oxygens (including phenoxy) is 2. The lowest BCUT2D eigenvalue weighted by molar-refractivity contribution is 0.0950. The highest BCUT2D eigenvalue weighted by Crippen LogP contribution is 2.19. The molecule has 1 amide bonds. The van der Waals surface area contributed by atoms with Gasteiger partial charge in [0.15, 0.2) is 0 Å². The summed E-state index contributed by atoms with van der Waals surface area (Å²) in [6.45, 7) is 9.30. The van der Waals surface area contributed by atoms with Gasteiger partial charge >= 0.3 is 0 Å². The van der Waals surface area contributed by atoms with Crippen LogP contribution in [0, 0.1) is 20.8 Å². The van der Waals surface area contributed by atoms with Gasteiger partial charge in [0.05, 0.1) is 30.5 Å². The van der Waals surface area contributed by atoms with Gasteiger partial charge in [-0.05, 0) is 20.8 Å². The Morgan fingerprint density at radius 1 is 1.27 bits per heavy atom. The summed E-state index contributed by atoms with van der Waals surface area (Å²) in [5.74, 6) is 1.89. The number of anilines is 1. The van der Waals surface area contributed by atoms with Crippen molar-refractivity contribution < 1.29 is 14.3 Å². The zero-order chi connectivity index (χ0) is 18.5. The Kier molecular flexibility index (Phi) is 6.00. The molecule has 0 aliphatic carbocycles. The van der Waals surface area contributed by atoms with Crippen molar-refractivity contribution >= 4 is 23.1 Å². The van der Waals surface area contributed by atoms with Gasteiger partial charge in [0.2, 0.25) is 5.88 Å². The van der Waals surface area contributed by atoms with E-state index in [1.54, 1.807) is 0 Å². The van der Waals surface area contributed by atoms with Crippen molar-refractivity contribution in [1.82, 2.24) is 20.3 Å². The van der Waals surface area contributed by atoms with Crippen LogP contribution in [0.15, 0.2) is 6.07 Å². The lowest BCUT2D eigenvalue weighted by Gasteiger charge is -2.28. The molecule has 3 heterocycles. The van der Waals surface area contributed by atoms with E-state index in [9.17, 15) is 4.79 Å². The Balaban J connectivity index is 1.52. The van der Waals surface area contributed by atoms with Crippen LogP contribution in [-0.4, -0.2) is 60.3 Å². The molecule has 0 bridgehead atoms. The van der Waals surface area contributed by atoms with E-state index < -0.39 is 0 Å². The van der Waals surface area contributed by atoms with Crippen molar-refractivity contribution in [3.63, 3.8) is 0 Å². The number of nitrogens with one attached hydrogen (secondary N) is 1. The maximum atomic E-state index is 12.2. The highest BCUT2D eigenvalue weighted by Gasteiger charge is 2.15. The number of amides is 1. The quantitative estimate of drug-likeness (QED) is 0.763. The monoisotopic (exact) mass is 377 g/mol. The average molecular weight is 377 g/mol. The highest BCUT2D eigenvalue weighted by atomic mass is 32.1. The number of hydrogen-bond acceptors (Lipinski definition) is 8. The number of rotatable bonds is 6. The largest absolute Gasteiger partial charge is 0.476 e. The molecule has 0 aromatic carbocycles. The molecule has 0 radical (unpaired) electrons. The van der Waals surface area contributed by atoms with E-state index in [1.807, 2.05) is 26.8 Å². The van der Waals surface area contributed by atoms with Crippen molar-refractivity contribution in [1.29, 1.82) is 0 Å². The lowest BCUT2D eigenvalue weighted by Crippen LogP contribution is -2.37. The van der Waals surface area contributed by atoms with Gasteiger partial charge in [-0.1, -0.05) is 0 Å². The fraction of sp³-hybridized carbons (Fsp3) is 0.529. The maximum absolute atomic E-state index is 12.2. The van der Waals surface area contributed by atoms with E-state index in [2.05, 4.69) is 25.2 Å². The number of morpholine rings is 1. The van der Waals surface area contributed by atoms with Crippen LogP contribution in [0.3, 0.4) is 0 Å². The molecule has 1 fully saturated rings. The van der Waals surface area contributed by atoms with Crippen LogP contribution in [0.4, 0.5) is 5.82 Å². The van der Waals surface area contributed by atoms with Crippen LogP contribution in [0.2, 0.25) is 0 Å². The molecule has 1 saturated heterocycles. The Bertz CT molecular complexity index is 774. The first-order valence-corrected chi connectivity index (χ1v) is 9.38. The van der Waals surface area contributed by atoms with Crippen molar-refractivity contribution in [2.45, 2.75) is 20.8 Å². The molecule has 140 valence electrons. The Morgan fingerprint density at radius 2 is 2.04 bits per heavy atom. The smallest absolute Gasteiger partial charge is 0.263 e. The fourth-order valence-electron chi connectivity index (χ4n) is 2.70. The van der Waals surface area contributed by atoms with Gasteiger partial charge in [0.1, 0.15) is 23.1 Å². The molecule has 2 aromatic heterocycles. The summed E-state index contributed by atoms with van der Waals surface area (Å²) in [4.78, 5) is 28.0. The molecular weight excluding hydrogens is 354 g/mol. The minimum Gasteiger partial charge on any atom is -0.476 e. The second-order valence-electron chi connectivity index (χ2n) is 5.96. The van der Waals surface area contributed by atoms with Crippen LogP contribution in [0.5, 0.6) is 5.88 Å². The normalized spacial score (nSPS) is 14.3. The molecule has 0 atom stereocenters. The van der Waals surface area contributed by atoms with Gasteiger partial charge in [-0.15, -0.1) is 11.3 Å². The molecule has 26 heavy (non-hydrogen) atoms. The number of carbonyl (C=O) groups excluding carboxylic acids is 1. The maximum Gasteiger partial charge on any atom is 0.263 e. The van der Waals surface area contributed by atoms with E-state index in [-0.39, 0.29) is 5.91 Å². The molecule has 1 N–H and O–H groups in total. The minimum atomic E-state index is -0.121. The van der Waals surface area contributed by atoms with Gasteiger partial charge < -0.3 is 19.7 Å². The molecule has 9 heteroatoms. The molecule has 8 nitrogen and oxygen atoms in total. The third-order valence-electron chi connectivity index (χ3n) is 3.88. The number of aromatic nitrogens is 3. The topological polar surface area (TPSA) is 89.5 Å². The summed E-state index contributed by atoms with van der Waals surface area (Å²) in [5, 5.41) is 3.74. The van der Waals surface area contributed by atoms with Crippen molar-refractivity contribution in [3.05, 3.63) is 27.5 Å². The third kappa shape index (κ3) is 4.67. The molecule has 3 rings (SSSR count). The number of carbonyl (C=O) groups is 1. The standard InChI is InChI=1S/C17H23N5O3S/c1-11-16(26-13(3)19-11)17(23)18-4-7-25-15-10-14(20-12(2)21-15)22-5-8-24-9-6-22/h10H,4-9H2,1-3H3,(H,18,23). The second kappa shape index (κ2) is 8.41. The summed E-state index contributed by atoms with van der Waals surface area (Å²) in [7, 11) is 0. The van der Waals surface area contributed by atoms with Gasteiger partial charge in [0.25, 0.3) is 5.91 Å². The van der Waals surface area contributed by atoms with Crippen LogP contribution in [0.1, 0.15) is 26.2 Å². The van der Waals surface area contributed by atoms with Gasteiger partial charge in [-0.3, -0.25) is 4.79 Å². The highest BCUT2D eigenvalue weighted by molar-refractivity contribution is 7.13. The SMILES string of the molecule is Cc1nc(OCCNC(=O)c2sc(C)nc2C)cc(N2CCOCC2)n1. The molecule has 0 spiro atoms. The predicted molar refractivity (Wildman–Crippen MR) is 99.2 cm³/mol. The van der Waals surface area contributed by atoms with E-state index in [1.165, 1.54) is 11.3 Å². The van der Waals surface area contributed by atoms with Crippen LogP contribution < -0.4 is 15.0 Å². The number of nitrogens with zero attached hydrogens (tertiary/aromatic N) is 4. The van der Waals surface area contributed by atoms with Gasteiger partial charge in [-0.2, -0.15) is 4.98 Å². The molecule has 0 saturated carbocycles. The molecule has 2 aromatic rings. The van der Waals surface area contributed by atoms with Gasteiger partial charge in [-0.25, -0.2) is 9.97 Å². The number of hydrogen-bond donors (Lipinski definition) is 1. The Morgan fingerprint density at radius 3 is 2.73 bits per heavy atom. The first-order chi connectivity index (χ1) is 12.5. The van der Waals surface area contributed by atoms with E-state index in [4.69, 9.17) is 9.47 Å². The first kappa shape index (κ1) is 18.5. The van der Waals surface area contributed by atoms with E-state index in [0.717, 1.165) is 29.6 Å². The van der Waals surface area contributed by atoms with Crippen LogP contribution >= 0.6 is 11.3 Å². The number of aryl methyl sites for hydroxylation is 3. The summed E-state index contributed by atoms with van der Waals surface area (Å²) in [6.07, 6.45) is 0. The van der Waals surface area contributed by atoms with Crippen molar-refractivity contribution in [2.24, 2.45) is 0 Å². The average Bonchev–Trinajstić information content (AvgIpc) is 2.97. The fourth-order valence-corrected chi connectivity index (χ4v) is 3.53. The lowest BCUT2D eigenvalue weighted by atomic mass is 10.4. The molecule has 1 aliphatic heterocycles. The third-order valence-corrected chi connectivity index (χ3v) is 4.95. The Hall–Kier alpha value is -2.26. The summed E-state index contributed by atoms with van der Waals surface area (Å²) in [5.41, 5.74) is 0.757. The van der Waals surface area contributed by atoms with Crippen LogP contribution in [-0.2, 0) is 4.74 Å². The minimum absolute atomic E-state index is 0.121. The van der Waals surface area contributed by atoms with Crippen molar-refractivity contribution in [2.75, 3.05) is 44.4 Å². The predicted octanol–water partition coefficient (Wildman–Crippen LogP) is 1.50. The van der Waals surface area contributed by atoms with Crippen LogP contribution in [0.25, 0.3) is 0 Å². The summed E-state index contributed by atoms with van der Waals surface area (Å²) < 4.78 is 11.1. The molecule has 0 unspecified atom stereocenters. The van der Waals surface area contributed by atoms with E-state index in [0.29, 0.717) is 42.9 Å². The number of thiazole rings is 1. The zero-order valence-electron chi connectivity index (χ0n) is 15.2. The summed E-state index contributed by atoms with van der Waals surface area (Å²) in [6, 6.07) is 1.83. The van der Waals surface area contributed by atoms with E-state index >= 15 is 0 Å². The first-order valence-electron chi connectivity index (χ1n) is 8.56. The van der Waals surface area contributed by atoms with Crippen molar-refractivity contribution in [3.8, 4) is 5.88 Å². The zero-order valence-corrected chi connectivity index (χ0v) is 16.1. The Labute approximate surface area is 156 Å². The summed E-state index contributed by atoms with van der Waals surface area (Å²) >= 11 is 1.40. The molecular formula is C17H23N5O3S. The van der Waals surface area contributed by atoms with Gasteiger partial charge in [0, 0.05) is 19.2 Å². The second-order valence-corrected chi connectivity index (χ2v) is 7.17.